The van der Waals surface area contributed by atoms with Crippen molar-refractivity contribution in [1.82, 2.24) is 9.88 Å². The zero-order chi connectivity index (χ0) is 14.8. The number of aromatic nitrogens is 1. The van der Waals surface area contributed by atoms with Crippen LogP contribution in [0.3, 0.4) is 0 Å². The van der Waals surface area contributed by atoms with E-state index in [0.29, 0.717) is 6.04 Å². The number of ether oxygens (including phenoxy) is 1. The summed E-state index contributed by atoms with van der Waals surface area (Å²) in [7, 11) is 6.12. The zero-order valence-electron chi connectivity index (χ0n) is 13.0. The number of piperidine rings is 1. The minimum atomic E-state index is 0.603. The van der Waals surface area contributed by atoms with Crippen molar-refractivity contribution in [2.45, 2.75) is 18.9 Å². The van der Waals surface area contributed by atoms with E-state index in [1.165, 1.54) is 37.0 Å². The lowest BCUT2D eigenvalue weighted by Crippen LogP contribution is -2.42. The van der Waals surface area contributed by atoms with E-state index in [4.69, 9.17) is 4.74 Å². The summed E-state index contributed by atoms with van der Waals surface area (Å²) in [5.41, 5.74) is 1.27. The van der Waals surface area contributed by atoms with Crippen LogP contribution in [0.15, 0.2) is 30.6 Å². The molecule has 0 amide bonds. The fourth-order valence-electron chi connectivity index (χ4n) is 3.21. The summed E-state index contributed by atoms with van der Waals surface area (Å²) in [4.78, 5) is 9.07. The topological polar surface area (TPSA) is 28.6 Å². The summed E-state index contributed by atoms with van der Waals surface area (Å²) in [5.74, 6) is 0.888. The van der Waals surface area contributed by atoms with Gasteiger partial charge in [-0.2, -0.15) is 0 Å². The van der Waals surface area contributed by atoms with Gasteiger partial charge in [-0.25, -0.2) is 0 Å². The minimum Gasteiger partial charge on any atom is -0.496 e. The van der Waals surface area contributed by atoms with Crippen LogP contribution >= 0.6 is 0 Å². The lowest BCUT2D eigenvalue weighted by Gasteiger charge is -2.37. The van der Waals surface area contributed by atoms with Gasteiger partial charge in [0.25, 0.3) is 0 Å². The quantitative estimate of drug-likeness (QED) is 0.867. The van der Waals surface area contributed by atoms with Gasteiger partial charge in [0.2, 0.25) is 0 Å². The van der Waals surface area contributed by atoms with Crippen LogP contribution in [0, 0.1) is 0 Å². The first-order chi connectivity index (χ1) is 10.2. The predicted molar refractivity (Wildman–Crippen MR) is 87.2 cm³/mol. The molecule has 1 aliphatic rings. The van der Waals surface area contributed by atoms with Gasteiger partial charge in [-0.15, -0.1) is 0 Å². The average molecular weight is 285 g/mol. The minimum absolute atomic E-state index is 0.603. The Morgan fingerprint density at radius 3 is 2.67 bits per heavy atom. The van der Waals surface area contributed by atoms with Crippen LogP contribution in [-0.4, -0.2) is 50.2 Å². The summed E-state index contributed by atoms with van der Waals surface area (Å²) < 4.78 is 5.46. The SMILES string of the molecule is COc1ccc(N(C)C2CCN(C)CC2)c2ccncc12. The molecule has 0 unspecified atom stereocenters. The van der Waals surface area contributed by atoms with E-state index in [-0.39, 0.29) is 0 Å². The third-order valence-corrected chi connectivity index (χ3v) is 4.59. The number of nitrogens with zero attached hydrogens (tertiary/aromatic N) is 3. The maximum atomic E-state index is 5.46. The first-order valence-electron chi connectivity index (χ1n) is 7.53. The van der Waals surface area contributed by atoms with Gasteiger partial charge in [-0.3, -0.25) is 4.98 Å². The number of pyridine rings is 1. The number of fused-ring (bicyclic) bond motifs is 1. The van der Waals surface area contributed by atoms with Crippen molar-refractivity contribution < 1.29 is 4.74 Å². The number of likely N-dealkylation sites (tertiary alicyclic amines) is 1. The van der Waals surface area contributed by atoms with Crippen molar-refractivity contribution in [2.75, 3.05) is 39.2 Å². The van der Waals surface area contributed by atoms with Gasteiger partial charge in [-0.05, 0) is 51.2 Å². The zero-order valence-corrected chi connectivity index (χ0v) is 13.0. The van der Waals surface area contributed by atoms with Gasteiger partial charge < -0.3 is 14.5 Å². The molecule has 2 aromatic rings. The Balaban J connectivity index is 1.96. The highest BCUT2D eigenvalue weighted by molar-refractivity contribution is 5.97. The number of hydrogen-bond acceptors (Lipinski definition) is 4. The normalized spacial score (nSPS) is 17.1. The van der Waals surface area contributed by atoms with Gasteiger partial charge in [0.1, 0.15) is 5.75 Å². The molecule has 0 radical (unpaired) electrons. The maximum absolute atomic E-state index is 5.46. The van der Waals surface area contributed by atoms with Crippen LogP contribution < -0.4 is 9.64 Å². The number of hydrogen-bond donors (Lipinski definition) is 0. The molecule has 0 atom stereocenters. The van der Waals surface area contributed by atoms with Crippen LogP contribution in [0.1, 0.15) is 12.8 Å². The molecule has 0 saturated carbocycles. The van der Waals surface area contributed by atoms with E-state index in [1.807, 2.05) is 18.5 Å². The molecular weight excluding hydrogens is 262 g/mol. The van der Waals surface area contributed by atoms with E-state index in [9.17, 15) is 0 Å². The summed E-state index contributed by atoms with van der Waals surface area (Å²) in [6, 6.07) is 6.90. The Morgan fingerprint density at radius 2 is 1.95 bits per heavy atom. The first-order valence-corrected chi connectivity index (χ1v) is 7.53. The molecule has 112 valence electrons. The van der Waals surface area contributed by atoms with Crippen molar-refractivity contribution >= 4 is 16.5 Å². The fraction of sp³-hybridized carbons (Fsp3) is 0.471. The van der Waals surface area contributed by atoms with Gasteiger partial charge in [0.05, 0.1) is 7.11 Å². The summed E-state index contributed by atoms with van der Waals surface area (Å²) in [5, 5.41) is 2.29. The van der Waals surface area contributed by atoms with Crippen LogP contribution in [0.4, 0.5) is 5.69 Å². The smallest absolute Gasteiger partial charge is 0.128 e. The average Bonchev–Trinajstić information content (AvgIpc) is 2.54. The van der Waals surface area contributed by atoms with Gasteiger partial charge >= 0.3 is 0 Å². The highest BCUT2D eigenvalue weighted by Crippen LogP contribution is 2.34. The van der Waals surface area contributed by atoms with Crippen molar-refractivity contribution in [1.29, 1.82) is 0 Å². The molecule has 3 rings (SSSR count). The molecule has 0 spiro atoms. The molecule has 0 bridgehead atoms. The van der Waals surface area contributed by atoms with Gasteiger partial charge in [-0.1, -0.05) is 0 Å². The van der Waals surface area contributed by atoms with Crippen molar-refractivity contribution in [3.8, 4) is 5.75 Å². The van der Waals surface area contributed by atoms with Crippen LogP contribution in [0.5, 0.6) is 5.75 Å². The summed E-state index contributed by atoms with van der Waals surface area (Å²) >= 11 is 0. The predicted octanol–water partition coefficient (Wildman–Crippen LogP) is 2.77. The third-order valence-electron chi connectivity index (χ3n) is 4.59. The van der Waals surface area contributed by atoms with E-state index < -0.39 is 0 Å². The Kier molecular flexibility index (Phi) is 3.97. The molecule has 4 nitrogen and oxygen atoms in total. The molecule has 1 aromatic heterocycles. The molecule has 21 heavy (non-hydrogen) atoms. The number of methoxy groups -OCH3 is 1. The largest absolute Gasteiger partial charge is 0.496 e. The van der Waals surface area contributed by atoms with Gasteiger partial charge in [0, 0.05) is 41.9 Å². The lowest BCUT2D eigenvalue weighted by atomic mass is 10.0. The highest BCUT2D eigenvalue weighted by atomic mass is 16.5. The number of benzene rings is 1. The summed E-state index contributed by atoms with van der Waals surface area (Å²) in [6.45, 7) is 2.34. The molecule has 1 saturated heterocycles. The van der Waals surface area contributed by atoms with Crippen LogP contribution in [-0.2, 0) is 0 Å². The second kappa shape index (κ2) is 5.90. The fourth-order valence-corrected chi connectivity index (χ4v) is 3.21. The third kappa shape index (κ3) is 2.68. The second-order valence-corrected chi connectivity index (χ2v) is 5.85. The van der Waals surface area contributed by atoms with Crippen molar-refractivity contribution in [2.24, 2.45) is 0 Å². The molecule has 1 aromatic carbocycles. The number of rotatable bonds is 3. The maximum Gasteiger partial charge on any atom is 0.128 e. The molecule has 1 aliphatic heterocycles. The molecular formula is C17H23N3O. The van der Waals surface area contributed by atoms with E-state index in [2.05, 4.69) is 41.0 Å². The Hall–Kier alpha value is -1.81. The first kappa shape index (κ1) is 14.1. The molecule has 2 heterocycles. The monoisotopic (exact) mass is 285 g/mol. The molecule has 0 N–H and O–H groups in total. The number of anilines is 1. The molecule has 4 heteroatoms. The summed E-state index contributed by atoms with van der Waals surface area (Å²) in [6.07, 6.45) is 6.17. The van der Waals surface area contributed by atoms with E-state index >= 15 is 0 Å². The van der Waals surface area contributed by atoms with Crippen molar-refractivity contribution in [3.05, 3.63) is 30.6 Å². The Labute approximate surface area is 126 Å². The van der Waals surface area contributed by atoms with Crippen LogP contribution in [0.2, 0.25) is 0 Å². The van der Waals surface area contributed by atoms with E-state index in [0.717, 1.165) is 11.1 Å². The lowest BCUT2D eigenvalue weighted by molar-refractivity contribution is 0.253. The molecule has 0 aliphatic carbocycles. The van der Waals surface area contributed by atoms with Crippen LogP contribution in [0.25, 0.3) is 10.8 Å². The second-order valence-electron chi connectivity index (χ2n) is 5.85. The highest BCUT2D eigenvalue weighted by Gasteiger charge is 2.22. The molecule has 1 fully saturated rings. The van der Waals surface area contributed by atoms with Crippen molar-refractivity contribution in [3.63, 3.8) is 0 Å². The Morgan fingerprint density at radius 1 is 1.19 bits per heavy atom. The van der Waals surface area contributed by atoms with Gasteiger partial charge in [0.15, 0.2) is 0 Å². The van der Waals surface area contributed by atoms with E-state index in [1.54, 1.807) is 7.11 Å². The standard InChI is InChI=1S/C17H23N3O/c1-19-10-7-13(8-11-19)20(2)16-4-5-17(21-3)15-12-18-9-6-14(15)16/h4-6,9,12-13H,7-8,10-11H2,1-3H3. The Bertz CT molecular complexity index is 620.